The van der Waals surface area contributed by atoms with Gasteiger partial charge in [-0.15, -0.1) is 0 Å². The van der Waals surface area contributed by atoms with Crippen molar-refractivity contribution in [2.45, 2.75) is 13.3 Å². The van der Waals surface area contributed by atoms with E-state index in [1.165, 1.54) is 0 Å². The Morgan fingerprint density at radius 3 is 1.80 bits per heavy atom. The molecule has 0 aliphatic carbocycles. The third-order valence-corrected chi connectivity index (χ3v) is 0.289. The number of hydrogen-bond acceptors (Lipinski definition) is 1. The van der Waals surface area contributed by atoms with Gasteiger partial charge >= 0.3 is 0 Å². The van der Waals surface area contributed by atoms with Crippen LogP contribution in [0.1, 0.15) is 13.3 Å². The van der Waals surface area contributed by atoms with Gasteiger partial charge in [-0.2, -0.15) is 13.5 Å². The molecule has 0 aliphatic rings. The average molecular weight is 93.2 g/mol. The van der Waals surface area contributed by atoms with E-state index in [1.54, 1.807) is 0 Å². The summed E-state index contributed by atoms with van der Waals surface area (Å²) in [5, 5.41) is 0. The van der Waals surface area contributed by atoms with Crippen LogP contribution in [0.4, 0.5) is 0 Å². The molecular formula is C3H11NS. The van der Waals surface area contributed by atoms with Crippen molar-refractivity contribution in [1.29, 1.82) is 0 Å². The molecule has 5 heavy (non-hydrogen) atoms. The normalized spacial score (nSPS) is 6.00. The molecule has 0 aromatic carbocycles. The van der Waals surface area contributed by atoms with Gasteiger partial charge in [-0.1, -0.05) is 6.92 Å². The van der Waals surface area contributed by atoms with Gasteiger partial charge in [-0.3, -0.25) is 0 Å². The molecule has 0 aromatic rings. The van der Waals surface area contributed by atoms with E-state index in [0.717, 1.165) is 13.0 Å². The van der Waals surface area contributed by atoms with Crippen molar-refractivity contribution < 1.29 is 0 Å². The standard InChI is InChI=1S/C3H9N.H2S/c1-2-3-4;/h2-4H2,1H3;1H2. The first-order valence-corrected chi connectivity index (χ1v) is 1.62. The number of nitrogens with two attached hydrogens (primary N) is 1. The molecule has 0 unspecified atom stereocenters. The van der Waals surface area contributed by atoms with Crippen LogP contribution >= 0.6 is 13.5 Å². The predicted molar refractivity (Wildman–Crippen MR) is 29.7 cm³/mol. The Balaban J connectivity index is 0. The maximum Gasteiger partial charge on any atom is -0.00799 e. The van der Waals surface area contributed by atoms with Crippen LogP contribution in [0, 0.1) is 0 Å². The number of rotatable bonds is 1. The molecule has 0 amide bonds. The van der Waals surface area contributed by atoms with Gasteiger partial charge in [0.25, 0.3) is 0 Å². The molecule has 0 radical (unpaired) electrons. The number of hydrogen-bond donors (Lipinski definition) is 1. The molecule has 34 valence electrons. The van der Waals surface area contributed by atoms with E-state index in [1.807, 2.05) is 0 Å². The minimum Gasteiger partial charge on any atom is -0.330 e. The average Bonchev–Trinajstić information content (AvgIpc) is 1.37. The first-order chi connectivity index (χ1) is 1.91. The van der Waals surface area contributed by atoms with Crippen LogP contribution in [0.2, 0.25) is 0 Å². The molecule has 0 saturated carbocycles. The summed E-state index contributed by atoms with van der Waals surface area (Å²) in [6.07, 6.45) is 1.10. The van der Waals surface area contributed by atoms with Gasteiger partial charge in [-0.25, -0.2) is 0 Å². The van der Waals surface area contributed by atoms with Crippen LogP contribution in [-0.2, 0) is 0 Å². The van der Waals surface area contributed by atoms with E-state index >= 15 is 0 Å². The lowest BCUT2D eigenvalue weighted by atomic mass is 10.5. The van der Waals surface area contributed by atoms with Crippen molar-refractivity contribution in [1.82, 2.24) is 0 Å². The SMILES string of the molecule is CCCN.S. The van der Waals surface area contributed by atoms with Crippen molar-refractivity contribution >= 4 is 13.5 Å². The molecule has 0 saturated heterocycles. The molecule has 0 heterocycles. The van der Waals surface area contributed by atoms with Crippen molar-refractivity contribution in [3.63, 3.8) is 0 Å². The first-order valence-electron chi connectivity index (χ1n) is 1.62. The zero-order valence-electron chi connectivity index (χ0n) is 3.49. The summed E-state index contributed by atoms with van der Waals surface area (Å²) in [5.74, 6) is 0. The summed E-state index contributed by atoms with van der Waals surface area (Å²) in [5.41, 5.74) is 5.03. The van der Waals surface area contributed by atoms with Crippen LogP contribution in [0.3, 0.4) is 0 Å². The molecule has 0 rings (SSSR count). The van der Waals surface area contributed by atoms with E-state index in [2.05, 4.69) is 6.92 Å². The largest absolute Gasteiger partial charge is 0.330 e. The van der Waals surface area contributed by atoms with Gasteiger partial charge in [-0.05, 0) is 13.0 Å². The summed E-state index contributed by atoms with van der Waals surface area (Å²) in [4.78, 5) is 0. The molecule has 0 aromatic heterocycles. The minimum absolute atomic E-state index is 0. The van der Waals surface area contributed by atoms with Crippen LogP contribution in [0.5, 0.6) is 0 Å². The van der Waals surface area contributed by atoms with E-state index < -0.39 is 0 Å². The fourth-order valence-electron chi connectivity index (χ4n) is 0. The van der Waals surface area contributed by atoms with Crippen LogP contribution in [-0.4, -0.2) is 6.54 Å². The zero-order valence-corrected chi connectivity index (χ0v) is 4.49. The third kappa shape index (κ3) is 13.4. The molecule has 0 aliphatic heterocycles. The molecule has 2 heteroatoms. The predicted octanol–water partition coefficient (Wildman–Crippen LogP) is 0.468. The van der Waals surface area contributed by atoms with Gasteiger partial charge in [0.05, 0.1) is 0 Å². The molecule has 1 nitrogen and oxygen atoms in total. The maximum atomic E-state index is 5.03. The molecule has 0 spiro atoms. The highest BCUT2D eigenvalue weighted by atomic mass is 32.1. The van der Waals surface area contributed by atoms with E-state index in [-0.39, 0.29) is 13.5 Å². The Morgan fingerprint density at radius 2 is 1.80 bits per heavy atom. The highest BCUT2D eigenvalue weighted by molar-refractivity contribution is 7.59. The van der Waals surface area contributed by atoms with Crippen LogP contribution in [0.15, 0.2) is 0 Å². The summed E-state index contributed by atoms with van der Waals surface area (Å²) in [6, 6.07) is 0. The van der Waals surface area contributed by atoms with Crippen molar-refractivity contribution in [2.75, 3.05) is 6.54 Å². The molecule has 0 bridgehead atoms. The molecular weight excluding hydrogens is 82.1 g/mol. The lowest BCUT2D eigenvalue weighted by Crippen LogP contribution is -1.93. The topological polar surface area (TPSA) is 26.0 Å². The summed E-state index contributed by atoms with van der Waals surface area (Å²) >= 11 is 0. The van der Waals surface area contributed by atoms with Gasteiger partial charge < -0.3 is 5.73 Å². The Bertz CT molecular complexity index is 8.85. The van der Waals surface area contributed by atoms with Crippen molar-refractivity contribution in [3.05, 3.63) is 0 Å². The summed E-state index contributed by atoms with van der Waals surface area (Å²) in [6.45, 7) is 2.88. The second-order valence-electron chi connectivity index (χ2n) is 0.789. The fraction of sp³-hybridized carbons (Fsp3) is 1.00. The quantitative estimate of drug-likeness (QED) is 0.501. The smallest absolute Gasteiger partial charge is 0.00799 e. The first kappa shape index (κ1) is 9.00. The molecule has 2 N–H and O–H groups in total. The Labute approximate surface area is 40.0 Å². The lowest BCUT2D eigenvalue weighted by molar-refractivity contribution is 0.932. The second-order valence-corrected chi connectivity index (χ2v) is 0.789. The maximum absolute atomic E-state index is 5.03. The third-order valence-electron chi connectivity index (χ3n) is 0.289. The van der Waals surface area contributed by atoms with Crippen LogP contribution < -0.4 is 5.73 Å². The lowest BCUT2D eigenvalue weighted by Gasteiger charge is -1.70. The van der Waals surface area contributed by atoms with Gasteiger partial charge in [0.2, 0.25) is 0 Å². The van der Waals surface area contributed by atoms with E-state index in [0.29, 0.717) is 0 Å². The van der Waals surface area contributed by atoms with Gasteiger partial charge in [0.1, 0.15) is 0 Å². The van der Waals surface area contributed by atoms with E-state index in [9.17, 15) is 0 Å². The summed E-state index contributed by atoms with van der Waals surface area (Å²) < 4.78 is 0. The van der Waals surface area contributed by atoms with E-state index in [4.69, 9.17) is 5.73 Å². The fourth-order valence-corrected chi connectivity index (χ4v) is 0. The Kier molecular flexibility index (Phi) is 15.9. The van der Waals surface area contributed by atoms with Crippen molar-refractivity contribution in [3.8, 4) is 0 Å². The minimum atomic E-state index is 0. The van der Waals surface area contributed by atoms with Gasteiger partial charge in [0.15, 0.2) is 0 Å². The summed E-state index contributed by atoms with van der Waals surface area (Å²) in [7, 11) is 0. The Morgan fingerprint density at radius 1 is 1.60 bits per heavy atom. The molecule has 0 atom stereocenters. The zero-order chi connectivity index (χ0) is 3.41. The highest BCUT2D eigenvalue weighted by Crippen LogP contribution is 1.57. The Hall–Kier alpha value is 0.310. The van der Waals surface area contributed by atoms with Crippen molar-refractivity contribution in [2.24, 2.45) is 5.73 Å². The highest BCUT2D eigenvalue weighted by Gasteiger charge is 1.55. The second kappa shape index (κ2) is 8.85. The monoisotopic (exact) mass is 93.1 g/mol. The molecule has 0 fully saturated rings. The van der Waals surface area contributed by atoms with Gasteiger partial charge in [0, 0.05) is 0 Å². The van der Waals surface area contributed by atoms with Crippen LogP contribution in [0.25, 0.3) is 0 Å².